The highest BCUT2D eigenvalue weighted by Gasteiger charge is 2.30. The van der Waals surface area contributed by atoms with E-state index in [1.807, 2.05) is 0 Å². The molecule has 0 spiro atoms. The Morgan fingerprint density at radius 2 is 0.511 bits per heavy atom. The number of hydrogen-bond donors (Lipinski definition) is 3. The summed E-state index contributed by atoms with van der Waals surface area (Å²) in [5.74, 6) is 0.946. The molecular weight excluding hydrogens is 1230 g/mol. The highest BCUT2D eigenvalue weighted by atomic mass is 31.2. The van der Waals surface area contributed by atoms with Gasteiger partial charge in [0.25, 0.3) is 0 Å². The molecule has 0 aromatic heterocycles. The number of aliphatic hydroxyl groups is 1. The van der Waals surface area contributed by atoms with E-state index in [0.717, 1.165) is 114 Å². The molecule has 94 heavy (non-hydrogen) atoms. The summed E-state index contributed by atoms with van der Waals surface area (Å²) in [4.78, 5) is 72.7. The highest BCUT2D eigenvalue weighted by molar-refractivity contribution is 7.47. The fourth-order valence-corrected chi connectivity index (χ4v) is 12.9. The molecule has 0 fully saturated rings. The van der Waals surface area contributed by atoms with Gasteiger partial charge in [-0.25, -0.2) is 9.13 Å². The zero-order chi connectivity index (χ0) is 69.6. The minimum atomic E-state index is -4.96. The summed E-state index contributed by atoms with van der Waals surface area (Å²) in [6.07, 6.45) is 48.8. The van der Waals surface area contributed by atoms with Crippen LogP contribution in [0.5, 0.6) is 0 Å². The highest BCUT2D eigenvalue weighted by Crippen LogP contribution is 2.45. The van der Waals surface area contributed by atoms with Gasteiger partial charge in [-0.3, -0.25) is 37.3 Å². The zero-order valence-electron chi connectivity index (χ0n) is 61.6. The molecule has 0 aliphatic heterocycles. The maximum atomic E-state index is 13.1. The number of ether oxygens (including phenoxy) is 4. The lowest BCUT2D eigenvalue weighted by Gasteiger charge is -2.21. The number of carbonyl (C=O) groups excluding carboxylic acids is 4. The van der Waals surface area contributed by atoms with Crippen LogP contribution < -0.4 is 0 Å². The van der Waals surface area contributed by atoms with Gasteiger partial charge in [-0.2, -0.15) is 0 Å². The Morgan fingerprint density at radius 3 is 0.755 bits per heavy atom. The summed E-state index contributed by atoms with van der Waals surface area (Å²) in [6.45, 7) is 14.1. The second kappa shape index (κ2) is 64.4. The van der Waals surface area contributed by atoms with E-state index in [4.69, 9.17) is 37.0 Å². The van der Waals surface area contributed by atoms with Crippen molar-refractivity contribution in [1.29, 1.82) is 0 Å². The molecule has 17 nitrogen and oxygen atoms in total. The van der Waals surface area contributed by atoms with Crippen molar-refractivity contribution in [1.82, 2.24) is 0 Å². The largest absolute Gasteiger partial charge is 0.472 e. The van der Waals surface area contributed by atoms with Gasteiger partial charge < -0.3 is 33.8 Å². The topological polar surface area (TPSA) is 237 Å². The van der Waals surface area contributed by atoms with Crippen LogP contribution in [-0.4, -0.2) is 96.7 Å². The van der Waals surface area contributed by atoms with Crippen LogP contribution in [0.1, 0.15) is 376 Å². The Kier molecular flexibility index (Phi) is 63.1. The molecule has 19 heteroatoms. The third kappa shape index (κ3) is 64.7. The van der Waals surface area contributed by atoms with Crippen LogP contribution in [-0.2, 0) is 65.4 Å². The normalized spacial score (nSPS) is 15.0. The smallest absolute Gasteiger partial charge is 0.462 e. The summed E-state index contributed by atoms with van der Waals surface area (Å²) >= 11 is 0. The van der Waals surface area contributed by atoms with Crippen molar-refractivity contribution < 1.29 is 80.2 Å². The van der Waals surface area contributed by atoms with E-state index in [0.29, 0.717) is 31.6 Å². The van der Waals surface area contributed by atoms with Crippen molar-refractivity contribution in [2.45, 2.75) is 395 Å². The Morgan fingerprint density at radius 1 is 0.298 bits per heavy atom. The lowest BCUT2D eigenvalue weighted by molar-refractivity contribution is -0.161. The Balaban J connectivity index is 5.18. The van der Waals surface area contributed by atoms with Gasteiger partial charge in [0.15, 0.2) is 12.2 Å². The predicted molar refractivity (Wildman–Crippen MR) is 381 cm³/mol. The van der Waals surface area contributed by atoms with Gasteiger partial charge in [0.05, 0.1) is 26.4 Å². The van der Waals surface area contributed by atoms with E-state index < -0.39 is 97.5 Å². The SMILES string of the molecule is CCC(C)CCCCCCCCCCCCCCCCCCCCC(=O)O[C@H](COC(=O)CCCCCCCCCCC(C)CC)COP(=O)(O)OCC(O)COP(=O)(O)OC[C@@H](COC(=O)CCCCCCCCCC(C)C)OC(=O)CCCCCCCCC(C)CC. The lowest BCUT2D eigenvalue weighted by Crippen LogP contribution is -2.30. The van der Waals surface area contributed by atoms with Gasteiger partial charge in [0.2, 0.25) is 0 Å². The molecule has 0 bridgehead atoms. The maximum absolute atomic E-state index is 13.1. The van der Waals surface area contributed by atoms with E-state index in [1.54, 1.807) is 0 Å². The number of phosphoric ester groups is 2. The number of aliphatic hydroxyl groups excluding tert-OH is 1. The van der Waals surface area contributed by atoms with Gasteiger partial charge >= 0.3 is 39.5 Å². The summed E-state index contributed by atoms with van der Waals surface area (Å²) in [6, 6.07) is 0. The fraction of sp³-hybridized carbons (Fsp3) is 0.947. The van der Waals surface area contributed by atoms with E-state index in [1.165, 1.54) is 173 Å². The van der Waals surface area contributed by atoms with Gasteiger partial charge in [0, 0.05) is 25.7 Å². The molecular formula is C75H146O17P2. The van der Waals surface area contributed by atoms with Crippen LogP contribution in [0.25, 0.3) is 0 Å². The molecule has 0 heterocycles. The molecule has 0 saturated heterocycles. The first-order valence-electron chi connectivity index (χ1n) is 38.8. The Bertz CT molecular complexity index is 1860. The molecule has 0 radical (unpaired) electrons. The minimum Gasteiger partial charge on any atom is -0.462 e. The molecule has 6 unspecified atom stereocenters. The molecule has 0 aliphatic carbocycles. The lowest BCUT2D eigenvalue weighted by atomic mass is 9.99. The van der Waals surface area contributed by atoms with Gasteiger partial charge in [-0.05, 0) is 49.4 Å². The van der Waals surface area contributed by atoms with Crippen molar-refractivity contribution in [3.8, 4) is 0 Å². The molecule has 0 saturated carbocycles. The number of hydrogen-bond acceptors (Lipinski definition) is 15. The maximum Gasteiger partial charge on any atom is 0.472 e. The first-order valence-corrected chi connectivity index (χ1v) is 41.8. The minimum absolute atomic E-state index is 0.102. The molecule has 0 rings (SSSR count). The van der Waals surface area contributed by atoms with E-state index in [9.17, 15) is 43.2 Å². The third-order valence-electron chi connectivity index (χ3n) is 18.4. The average molecular weight is 1380 g/mol. The van der Waals surface area contributed by atoms with Crippen molar-refractivity contribution in [3.63, 3.8) is 0 Å². The summed E-state index contributed by atoms with van der Waals surface area (Å²) in [7, 11) is -9.91. The quantitative estimate of drug-likeness (QED) is 0.0222. The Hall–Kier alpha value is -1.94. The summed E-state index contributed by atoms with van der Waals surface area (Å²) in [5, 5.41) is 10.6. The number of carbonyl (C=O) groups is 4. The van der Waals surface area contributed by atoms with Gasteiger partial charge in [-0.1, -0.05) is 325 Å². The summed E-state index contributed by atoms with van der Waals surface area (Å²) < 4.78 is 68.4. The number of esters is 4. The monoisotopic (exact) mass is 1380 g/mol. The van der Waals surface area contributed by atoms with E-state index >= 15 is 0 Å². The predicted octanol–water partition coefficient (Wildman–Crippen LogP) is 21.7. The van der Waals surface area contributed by atoms with E-state index in [2.05, 4.69) is 55.4 Å². The molecule has 3 N–H and O–H groups in total. The van der Waals surface area contributed by atoms with Crippen molar-refractivity contribution in [2.75, 3.05) is 39.6 Å². The van der Waals surface area contributed by atoms with Crippen LogP contribution >= 0.6 is 15.6 Å². The summed E-state index contributed by atoms with van der Waals surface area (Å²) in [5.41, 5.74) is 0. The molecule has 0 aromatic carbocycles. The van der Waals surface area contributed by atoms with Crippen LogP contribution in [0.15, 0.2) is 0 Å². The third-order valence-corrected chi connectivity index (χ3v) is 20.3. The molecule has 558 valence electrons. The Labute approximate surface area is 575 Å². The van der Waals surface area contributed by atoms with E-state index in [-0.39, 0.29) is 25.7 Å². The van der Waals surface area contributed by atoms with Crippen molar-refractivity contribution in [3.05, 3.63) is 0 Å². The molecule has 0 aliphatic rings. The second-order valence-electron chi connectivity index (χ2n) is 28.2. The molecule has 8 atom stereocenters. The van der Waals surface area contributed by atoms with Crippen LogP contribution in [0.2, 0.25) is 0 Å². The average Bonchev–Trinajstić information content (AvgIpc) is 3.71. The standard InChI is InChI=1S/C75H146O17P2/c1-9-66(6)52-44-36-28-22-20-18-16-14-12-13-15-17-19-21-23-31-41-49-57-74(79)91-70(61-85-72(77)55-47-39-30-25-24-29-37-45-53-67(7)10-2)63-89-93(81,82)87-59-69(76)60-88-94(83,84)90-64-71(92-75(80)58-50-42-34-33-38-46-54-68(8)11-3)62-86-73(78)56-48-40-32-26-27-35-43-51-65(4)5/h65-71,76H,9-64H2,1-8H3,(H,81,82)(H,83,84)/t66?,67?,68?,69?,70-,71-/m1/s1. The van der Waals surface area contributed by atoms with Crippen LogP contribution in [0.3, 0.4) is 0 Å². The zero-order valence-corrected chi connectivity index (χ0v) is 63.4. The van der Waals surface area contributed by atoms with Crippen molar-refractivity contribution >= 4 is 39.5 Å². The van der Waals surface area contributed by atoms with Crippen LogP contribution in [0, 0.1) is 23.7 Å². The fourth-order valence-electron chi connectivity index (χ4n) is 11.3. The van der Waals surface area contributed by atoms with Crippen molar-refractivity contribution in [2.24, 2.45) is 23.7 Å². The first-order chi connectivity index (χ1) is 45.2. The van der Waals surface area contributed by atoms with Crippen LogP contribution in [0.4, 0.5) is 0 Å². The van der Waals surface area contributed by atoms with Gasteiger partial charge in [-0.15, -0.1) is 0 Å². The molecule has 0 aromatic rings. The first kappa shape index (κ1) is 92.1. The number of phosphoric acid groups is 2. The number of unbranched alkanes of at least 4 members (excludes halogenated alkanes) is 35. The second-order valence-corrected chi connectivity index (χ2v) is 31.1. The number of rotatable bonds is 72. The van der Waals surface area contributed by atoms with Gasteiger partial charge in [0.1, 0.15) is 19.3 Å². The molecule has 0 amide bonds.